The van der Waals surface area contributed by atoms with Crippen LogP contribution in [-0.4, -0.2) is 38.1 Å². The standard InChI is InChI=1S/C21H18Cl2N6OS/c22-15-8-6-14(7-9-15)19-25-24-18(30-19)13-31-21-27-26-20(28-10-1-2-11-28)29(21)17-5-3-4-16(23)12-17/h3-9,12H,1-2,10-11,13H2. The summed E-state index contributed by atoms with van der Waals surface area (Å²) in [6, 6.07) is 15.0. The molecule has 5 rings (SSSR count). The van der Waals surface area contributed by atoms with Crippen molar-refractivity contribution in [3.8, 4) is 17.1 Å². The first-order valence-electron chi connectivity index (χ1n) is 9.85. The van der Waals surface area contributed by atoms with E-state index in [0.29, 0.717) is 27.6 Å². The molecule has 158 valence electrons. The summed E-state index contributed by atoms with van der Waals surface area (Å²) in [6.07, 6.45) is 2.31. The fourth-order valence-corrected chi connectivity index (χ4v) is 4.56. The lowest BCUT2D eigenvalue weighted by Crippen LogP contribution is -2.22. The SMILES string of the molecule is Clc1ccc(-c2nnc(CSc3nnc(N4CCCC4)n3-c3cccc(Cl)c3)o2)cc1. The Bertz CT molecular complexity index is 1190. The molecule has 4 aromatic rings. The van der Waals surface area contributed by atoms with Gasteiger partial charge in [0.2, 0.25) is 17.7 Å². The van der Waals surface area contributed by atoms with Crippen LogP contribution in [0.3, 0.4) is 0 Å². The lowest BCUT2D eigenvalue weighted by atomic mass is 10.2. The first-order chi connectivity index (χ1) is 15.2. The summed E-state index contributed by atoms with van der Waals surface area (Å²) in [5.41, 5.74) is 1.75. The monoisotopic (exact) mass is 472 g/mol. The molecule has 0 N–H and O–H groups in total. The van der Waals surface area contributed by atoms with Crippen LogP contribution >= 0.6 is 35.0 Å². The molecule has 0 saturated carbocycles. The van der Waals surface area contributed by atoms with E-state index in [1.807, 2.05) is 41.0 Å². The molecule has 0 spiro atoms. The molecule has 1 saturated heterocycles. The third-order valence-electron chi connectivity index (χ3n) is 4.95. The fourth-order valence-electron chi connectivity index (χ4n) is 3.47. The van der Waals surface area contributed by atoms with Crippen molar-refractivity contribution in [2.75, 3.05) is 18.0 Å². The zero-order chi connectivity index (χ0) is 21.2. The second-order valence-corrected chi connectivity index (χ2v) is 8.90. The number of hydrogen-bond donors (Lipinski definition) is 0. The summed E-state index contributed by atoms with van der Waals surface area (Å²) in [5, 5.41) is 19.3. The van der Waals surface area contributed by atoms with Gasteiger partial charge in [-0.3, -0.25) is 4.57 Å². The maximum Gasteiger partial charge on any atom is 0.247 e. The Morgan fingerprint density at radius 1 is 0.903 bits per heavy atom. The normalized spacial score (nSPS) is 13.8. The minimum Gasteiger partial charge on any atom is -0.420 e. The quantitative estimate of drug-likeness (QED) is 0.342. The highest BCUT2D eigenvalue weighted by Crippen LogP contribution is 2.31. The molecular weight excluding hydrogens is 455 g/mol. The van der Waals surface area contributed by atoms with E-state index in [1.165, 1.54) is 11.8 Å². The maximum absolute atomic E-state index is 6.25. The van der Waals surface area contributed by atoms with Crippen LogP contribution in [0.25, 0.3) is 17.1 Å². The second-order valence-electron chi connectivity index (χ2n) is 7.09. The van der Waals surface area contributed by atoms with Crippen LogP contribution in [0.15, 0.2) is 58.1 Å². The average molecular weight is 473 g/mol. The molecule has 0 aliphatic carbocycles. The molecule has 3 heterocycles. The van der Waals surface area contributed by atoms with Crippen LogP contribution < -0.4 is 4.90 Å². The smallest absolute Gasteiger partial charge is 0.247 e. The molecule has 1 fully saturated rings. The zero-order valence-corrected chi connectivity index (χ0v) is 18.7. The molecular formula is C21H18Cl2N6OS. The van der Waals surface area contributed by atoms with Crippen LogP contribution in [0, 0.1) is 0 Å². The molecule has 0 amide bonds. The van der Waals surface area contributed by atoms with E-state index in [-0.39, 0.29) is 0 Å². The summed E-state index contributed by atoms with van der Waals surface area (Å²) in [5.74, 6) is 2.27. The Hall–Kier alpha value is -2.55. The van der Waals surface area contributed by atoms with Crippen LogP contribution in [0.1, 0.15) is 18.7 Å². The van der Waals surface area contributed by atoms with Crippen molar-refractivity contribution in [3.05, 3.63) is 64.5 Å². The molecule has 1 aliphatic rings. The van der Waals surface area contributed by atoms with E-state index in [4.69, 9.17) is 27.6 Å². The van der Waals surface area contributed by atoms with E-state index >= 15 is 0 Å². The number of nitrogens with zero attached hydrogens (tertiary/aromatic N) is 6. The van der Waals surface area contributed by atoms with Crippen LogP contribution in [0.5, 0.6) is 0 Å². The number of benzene rings is 2. The number of hydrogen-bond acceptors (Lipinski definition) is 7. The van der Waals surface area contributed by atoms with Gasteiger partial charge in [-0.15, -0.1) is 20.4 Å². The van der Waals surface area contributed by atoms with Gasteiger partial charge in [0.1, 0.15) is 0 Å². The van der Waals surface area contributed by atoms with Crippen molar-refractivity contribution in [3.63, 3.8) is 0 Å². The topological polar surface area (TPSA) is 72.9 Å². The lowest BCUT2D eigenvalue weighted by molar-refractivity contribution is 0.528. The van der Waals surface area contributed by atoms with Crippen molar-refractivity contribution in [1.82, 2.24) is 25.0 Å². The van der Waals surface area contributed by atoms with Gasteiger partial charge in [-0.1, -0.05) is 41.0 Å². The summed E-state index contributed by atoms with van der Waals surface area (Å²) in [7, 11) is 0. The highest BCUT2D eigenvalue weighted by molar-refractivity contribution is 7.98. The van der Waals surface area contributed by atoms with E-state index in [2.05, 4.69) is 25.3 Å². The predicted molar refractivity (Wildman–Crippen MR) is 122 cm³/mol. The Labute approximate surface area is 193 Å². The van der Waals surface area contributed by atoms with Crippen LogP contribution in [0.2, 0.25) is 10.0 Å². The van der Waals surface area contributed by atoms with Crippen molar-refractivity contribution in [1.29, 1.82) is 0 Å². The van der Waals surface area contributed by atoms with Gasteiger partial charge in [0, 0.05) is 28.7 Å². The summed E-state index contributed by atoms with van der Waals surface area (Å²) < 4.78 is 7.87. The predicted octanol–water partition coefficient (Wildman–Crippen LogP) is 5.52. The van der Waals surface area contributed by atoms with E-state index in [1.54, 1.807) is 12.1 Å². The van der Waals surface area contributed by atoms with E-state index in [0.717, 1.165) is 48.3 Å². The van der Waals surface area contributed by atoms with E-state index < -0.39 is 0 Å². The van der Waals surface area contributed by atoms with Crippen molar-refractivity contribution in [2.24, 2.45) is 0 Å². The average Bonchev–Trinajstić information content (AvgIpc) is 3.53. The summed E-state index contributed by atoms with van der Waals surface area (Å²) in [4.78, 5) is 2.25. The van der Waals surface area contributed by atoms with Gasteiger partial charge in [0.25, 0.3) is 0 Å². The minimum atomic E-state index is 0.460. The Morgan fingerprint density at radius 2 is 1.71 bits per heavy atom. The maximum atomic E-state index is 6.25. The fraction of sp³-hybridized carbons (Fsp3) is 0.238. The van der Waals surface area contributed by atoms with Crippen molar-refractivity contribution < 1.29 is 4.42 Å². The molecule has 10 heteroatoms. The molecule has 7 nitrogen and oxygen atoms in total. The Morgan fingerprint density at radius 3 is 2.48 bits per heavy atom. The number of anilines is 1. The van der Waals surface area contributed by atoms with Gasteiger partial charge in [-0.05, 0) is 55.3 Å². The molecule has 0 bridgehead atoms. The summed E-state index contributed by atoms with van der Waals surface area (Å²) in [6.45, 7) is 1.94. The second kappa shape index (κ2) is 8.90. The first kappa shape index (κ1) is 20.4. The molecule has 2 aromatic heterocycles. The van der Waals surface area contributed by atoms with Gasteiger partial charge in [0.15, 0.2) is 5.16 Å². The molecule has 1 aliphatic heterocycles. The Kier molecular flexibility index (Phi) is 5.85. The number of aromatic nitrogens is 5. The number of thioether (sulfide) groups is 1. The van der Waals surface area contributed by atoms with Gasteiger partial charge >= 0.3 is 0 Å². The van der Waals surface area contributed by atoms with Crippen LogP contribution in [-0.2, 0) is 5.75 Å². The zero-order valence-electron chi connectivity index (χ0n) is 16.4. The highest BCUT2D eigenvalue weighted by Gasteiger charge is 2.23. The molecule has 0 radical (unpaired) electrons. The first-order valence-corrected chi connectivity index (χ1v) is 11.6. The summed E-state index contributed by atoms with van der Waals surface area (Å²) >= 11 is 13.7. The third-order valence-corrected chi connectivity index (χ3v) is 6.36. The minimum absolute atomic E-state index is 0.460. The third kappa shape index (κ3) is 4.42. The molecule has 0 atom stereocenters. The molecule has 0 unspecified atom stereocenters. The highest BCUT2D eigenvalue weighted by atomic mass is 35.5. The van der Waals surface area contributed by atoms with Crippen molar-refractivity contribution >= 4 is 40.9 Å². The van der Waals surface area contributed by atoms with Gasteiger partial charge in [-0.2, -0.15) is 0 Å². The van der Waals surface area contributed by atoms with Crippen LogP contribution in [0.4, 0.5) is 5.95 Å². The largest absolute Gasteiger partial charge is 0.420 e. The number of halogens is 2. The van der Waals surface area contributed by atoms with E-state index in [9.17, 15) is 0 Å². The van der Waals surface area contributed by atoms with Gasteiger partial charge in [-0.25, -0.2) is 0 Å². The number of rotatable bonds is 6. The van der Waals surface area contributed by atoms with Gasteiger partial charge < -0.3 is 9.32 Å². The Balaban J connectivity index is 1.40. The van der Waals surface area contributed by atoms with Gasteiger partial charge in [0.05, 0.1) is 11.4 Å². The lowest BCUT2D eigenvalue weighted by Gasteiger charge is -2.18. The molecule has 31 heavy (non-hydrogen) atoms. The van der Waals surface area contributed by atoms with Crippen molar-refractivity contribution in [2.45, 2.75) is 23.8 Å². The molecule has 2 aromatic carbocycles.